The van der Waals surface area contributed by atoms with Crippen LogP contribution >= 0.6 is 0 Å². The first-order valence-electron chi connectivity index (χ1n) is 8.34. The third-order valence-corrected chi connectivity index (χ3v) is 3.70. The number of aliphatic hydroxyl groups excluding tert-OH is 1. The van der Waals surface area contributed by atoms with Crippen LogP contribution < -0.4 is 5.32 Å². The van der Waals surface area contributed by atoms with Crippen LogP contribution in [-0.4, -0.2) is 35.5 Å². The zero-order chi connectivity index (χ0) is 16.4. The molecule has 1 unspecified atom stereocenters. The second kappa shape index (κ2) is 10.4. The summed E-state index contributed by atoms with van der Waals surface area (Å²) in [4.78, 5) is 13.4. The first-order chi connectivity index (χ1) is 10.6. The number of hydrogen-bond acceptors (Lipinski definition) is 3. The highest BCUT2D eigenvalue weighted by molar-refractivity contribution is 5.88. The molecule has 0 aliphatic rings. The van der Waals surface area contributed by atoms with Gasteiger partial charge in [0.25, 0.3) is 0 Å². The summed E-state index contributed by atoms with van der Waals surface area (Å²) in [6, 6.07) is 7.44. The lowest BCUT2D eigenvalue weighted by Crippen LogP contribution is -2.30. The van der Waals surface area contributed by atoms with Crippen LogP contribution in [0, 0.1) is 0 Å². The molecule has 0 aromatic heterocycles. The van der Waals surface area contributed by atoms with Crippen LogP contribution in [0.1, 0.15) is 58.1 Å². The maximum Gasteiger partial charge on any atom is 0.221 e. The molecule has 22 heavy (non-hydrogen) atoms. The van der Waals surface area contributed by atoms with Crippen molar-refractivity contribution in [1.29, 1.82) is 0 Å². The predicted octanol–water partition coefficient (Wildman–Crippen LogP) is 3.58. The Kier molecular flexibility index (Phi) is 8.78. The Balaban J connectivity index is 2.59. The second-order valence-corrected chi connectivity index (χ2v) is 5.83. The van der Waals surface area contributed by atoms with Crippen molar-refractivity contribution < 1.29 is 9.90 Å². The fourth-order valence-electron chi connectivity index (χ4n) is 2.40. The van der Waals surface area contributed by atoms with Gasteiger partial charge in [0.2, 0.25) is 5.91 Å². The van der Waals surface area contributed by atoms with Gasteiger partial charge in [0.05, 0.1) is 6.10 Å². The molecule has 0 saturated carbocycles. The summed E-state index contributed by atoms with van der Waals surface area (Å²) in [6.07, 6.45) is 4.18. The molecule has 0 saturated heterocycles. The minimum atomic E-state index is -0.486. The summed E-state index contributed by atoms with van der Waals surface area (Å²) in [5, 5.41) is 13.2. The largest absolute Gasteiger partial charge is 0.387 e. The van der Waals surface area contributed by atoms with E-state index in [0.29, 0.717) is 6.54 Å². The van der Waals surface area contributed by atoms with Crippen molar-refractivity contribution in [2.24, 2.45) is 0 Å². The van der Waals surface area contributed by atoms with Gasteiger partial charge in [-0.3, -0.25) is 4.79 Å². The lowest BCUT2D eigenvalue weighted by Gasteiger charge is -2.25. The highest BCUT2D eigenvalue weighted by Gasteiger charge is 2.13. The molecular weight excluding hydrogens is 276 g/mol. The lowest BCUT2D eigenvalue weighted by molar-refractivity contribution is -0.114. The van der Waals surface area contributed by atoms with E-state index >= 15 is 0 Å². The number of aliphatic hydroxyl groups is 1. The number of nitrogens with zero attached hydrogens (tertiary/aromatic N) is 1. The van der Waals surface area contributed by atoms with E-state index in [0.717, 1.165) is 37.2 Å². The van der Waals surface area contributed by atoms with Crippen LogP contribution in [0.15, 0.2) is 24.3 Å². The molecule has 124 valence electrons. The van der Waals surface area contributed by atoms with E-state index in [4.69, 9.17) is 0 Å². The van der Waals surface area contributed by atoms with Crippen LogP contribution in [-0.2, 0) is 4.79 Å². The third-order valence-electron chi connectivity index (χ3n) is 3.70. The molecule has 4 nitrogen and oxygen atoms in total. The quantitative estimate of drug-likeness (QED) is 0.694. The molecule has 4 heteroatoms. The van der Waals surface area contributed by atoms with Gasteiger partial charge in [0.15, 0.2) is 0 Å². The average Bonchev–Trinajstić information content (AvgIpc) is 2.50. The summed E-state index contributed by atoms with van der Waals surface area (Å²) in [6.45, 7) is 8.61. The summed E-state index contributed by atoms with van der Waals surface area (Å²) < 4.78 is 0. The van der Waals surface area contributed by atoms with Gasteiger partial charge in [-0.15, -0.1) is 0 Å². The molecule has 0 fully saturated rings. The topological polar surface area (TPSA) is 52.6 Å². The van der Waals surface area contributed by atoms with Gasteiger partial charge in [0, 0.05) is 19.2 Å². The average molecular weight is 306 g/mol. The van der Waals surface area contributed by atoms with Crippen LogP contribution in [0.5, 0.6) is 0 Å². The van der Waals surface area contributed by atoms with Crippen molar-refractivity contribution in [3.63, 3.8) is 0 Å². The minimum absolute atomic E-state index is 0.0846. The molecule has 0 bridgehead atoms. The van der Waals surface area contributed by atoms with Gasteiger partial charge in [0.1, 0.15) is 0 Å². The lowest BCUT2D eigenvalue weighted by atomic mass is 10.1. The predicted molar refractivity (Wildman–Crippen MR) is 92.0 cm³/mol. The van der Waals surface area contributed by atoms with Gasteiger partial charge >= 0.3 is 0 Å². The van der Waals surface area contributed by atoms with Crippen molar-refractivity contribution in [2.45, 2.75) is 52.6 Å². The third kappa shape index (κ3) is 7.05. The van der Waals surface area contributed by atoms with E-state index < -0.39 is 6.10 Å². The van der Waals surface area contributed by atoms with E-state index in [1.54, 1.807) is 0 Å². The van der Waals surface area contributed by atoms with Crippen molar-refractivity contribution >= 4 is 11.6 Å². The number of nitrogens with one attached hydrogen (secondary N) is 1. The molecule has 2 N–H and O–H groups in total. The van der Waals surface area contributed by atoms with E-state index in [-0.39, 0.29) is 5.91 Å². The molecule has 0 heterocycles. The maximum atomic E-state index is 11.0. The van der Waals surface area contributed by atoms with Gasteiger partial charge in [-0.05, 0) is 43.6 Å². The molecule has 1 aromatic rings. The number of benzene rings is 1. The monoisotopic (exact) mass is 306 g/mol. The van der Waals surface area contributed by atoms with E-state index in [2.05, 4.69) is 24.1 Å². The Bertz CT molecular complexity index is 423. The molecule has 1 atom stereocenters. The van der Waals surface area contributed by atoms with E-state index in [1.807, 2.05) is 24.3 Å². The van der Waals surface area contributed by atoms with Crippen LogP contribution in [0.2, 0.25) is 0 Å². The van der Waals surface area contributed by atoms with Gasteiger partial charge in [-0.25, -0.2) is 0 Å². The number of amides is 1. The first kappa shape index (κ1) is 18.7. The SMILES string of the molecule is CCCCN(CCCC)CC(O)c1ccc(NC(C)=O)cc1. The van der Waals surface area contributed by atoms with Crippen LogP contribution in [0.4, 0.5) is 5.69 Å². The molecular formula is C18H30N2O2. The molecule has 1 aromatic carbocycles. The maximum absolute atomic E-state index is 11.0. The van der Waals surface area contributed by atoms with E-state index in [9.17, 15) is 9.90 Å². The van der Waals surface area contributed by atoms with Gasteiger partial charge in [-0.1, -0.05) is 38.8 Å². The second-order valence-electron chi connectivity index (χ2n) is 5.83. The molecule has 0 aliphatic heterocycles. The molecule has 1 rings (SSSR count). The Hall–Kier alpha value is -1.39. The van der Waals surface area contributed by atoms with Crippen LogP contribution in [0.25, 0.3) is 0 Å². The van der Waals surface area contributed by atoms with Crippen molar-refractivity contribution in [3.8, 4) is 0 Å². The van der Waals surface area contributed by atoms with Gasteiger partial charge in [-0.2, -0.15) is 0 Å². The van der Waals surface area contributed by atoms with Crippen LogP contribution in [0.3, 0.4) is 0 Å². The Morgan fingerprint density at radius 2 is 1.68 bits per heavy atom. The summed E-state index contributed by atoms with van der Waals surface area (Å²) in [5.41, 5.74) is 1.66. The summed E-state index contributed by atoms with van der Waals surface area (Å²) >= 11 is 0. The van der Waals surface area contributed by atoms with Crippen molar-refractivity contribution in [3.05, 3.63) is 29.8 Å². The normalized spacial score (nSPS) is 12.4. The minimum Gasteiger partial charge on any atom is -0.387 e. The zero-order valence-corrected chi connectivity index (χ0v) is 14.1. The highest BCUT2D eigenvalue weighted by Crippen LogP contribution is 2.18. The van der Waals surface area contributed by atoms with Crippen molar-refractivity contribution in [2.75, 3.05) is 25.0 Å². The molecule has 0 radical (unpaired) electrons. The number of rotatable bonds is 10. The number of unbranched alkanes of at least 4 members (excludes halogenated alkanes) is 2. The van der Waals surface area contributed by atoms with Crippen molar-refractivity contribution in [1.82, 2.24) is 4.90 Å². The number of anilines is 1. The Morgan fingerprint density at radius 1 is 1.14 bits per heavy atom. The molecule has 1 amide bonds. The Morgan fingerprint density at radius 3 is 2.14 bits per heavy atom. The zero-order valence-electron chi connectivity index (χ0n) is 14.1. The first-order valence-corrected chi connectivity index (χ1v) is 8.34. The fraction of sp³-hybridized carbons (Fsp3) is 0.611. The van der Waals surface area contributed by atoms with E-state index in [1.165, 1.54) is 19.8 Å². The summed E-state index contributed by atoms with van der Waals surface area (Å²) in [7, 11) is 0. The standard InChI is InChI=1S/C18H30N2O2/c1-4-6-12-20(13-7-5-2)14-18(22)16-8-10-17(11-9-16)19-15(3)21/h8-11,18,22H,4-7,12-14H2,1-3H3,(H,19,21). The Labute approximate surface area is 134 Å². The van der Waals surface area contributed by atoms with Gasteiger partial charge < -0.3 is 15.3 Å². The summed E-state index contributed by atoms with van der Waals surface area (Å²) in [5.74, 6) is -0.0846. The highest BCUT2D eigenvalue weighted by atomic mass is 16.3. The number of carbonyl (C=O) groups excluding carboxylic acids is 1. The molecule has 0 aliphatic carbocycles. The number of hydrogen-bond donors (Lipinski definition) is 2. The number of carbonyl (C=O) groups is 1. The molecule has 0 spiro atoms. The smallest absolute Gasteiger partial charge is 0.221 e. The fourth-order valence-corrected chi connectivity index (χ4v) is 2.40.